The van der Waals surface area contributed by atoms with E-state index < -0.39 is 76.2 Å². The van der Waals surface area contributed by atoms with Crippen LogP contribution in [0.3, 0.4) is 0 Å². The molecule has 4 rings (SSSR count). The Morgan fingerprint density at radius 3 is 2.17 bits per heavy atom. The van der Waals surface area contributed by atoms with Crippen molar-refractivity contribution in [1.82, 2.24) is 0 Å². The summed E-state index contributed by atoms with van der Waals surface area (Å²) in [6.45, 7) is 10.1. The van der Waals surface area contributed by atoms with Gasteiger partial charge in [-0.25, -0.2) is 4.79 Å². The lowest BCUT2D eigenvalue weighted by molar-refractivity contribution is -0.343. The number of benzene rings is 1. The van der Waals surface area contributed by atoms with Crippen molar-refractivity contribution >= 4 is 17.7 Å². The van der Waals surface area contributed by atoms with Crippen molar-refractivity contribution in [2.24, 2.45) is 16.7 Å². The third-order valence-corrected chi connectivity index (χ3v) is 9.83. The highest BCUT2D eigenvalue weighted by atomic mass is 16.6. The van der Waals surface area contributed by atoms with Gasteiger partial charge in [-0.15, -0.1) is 0 Å². The van der Waals surface area contributed by atoms with E-state index in [1.165, 1.54) is 39.8 Å². The highest BCUT2D eigenvalue weighted by molar-refractivity contribution is 5.94. The average molecular weight is 561 g/mol. The van der Waals surface area contributed by atoms with E-state index in [0.717, 1.165) is 0 Å². The minimum atomic E-state index is -2.04. The number of Topliss-reactive ketones (excluding diaryl/α,β-unsaturated/α-hetero) is 1. The van der Waals surface area contributed by atoms with Crippen molar-refractivity contribution in [3.05, 3.63) is 47.0 Å². The highest BCUT2D eigenvalue weighted by Gasteiger charge is 2.76. The second-order valence-electron chi connectivity index (χ2n) is 12.4. The molecule has 1 aromatic rings. The molecule has 0 aromatic heterocycles. The van der Waals surface area contributed by atoms with Crippen molar-refractivity contribution in [3.8, 4) is 0 Å². The molecule has 0 unspecified atom stereocenters. The molecule has 1 heterocycles. The molecular weight excluding hydrogens is 520 g/mol. The molecule has 3 aliphatic rings. The quantitative estimate of drug-likeness (QED) is 0.315. The van der Waals surface area contributed by atoms with Gasteiger partial charge < -0.3 is 34.6 Å². The van der Waals surface area contributed by atoms with Gasteiger partial charge in [0.15, 0.2) is 11.4 Å². The van der Waals surface area contributed by atoms with E-state index in [0.29, 0.717) is 0 Å². The van der Waals surface area contributed by atoms with Crippen LogP contribution in [0.5, 0.6) is 0 Å². The van der Waals surface area contributed by atoms with Crippen molar-refractivity contribution < 1.29 is 49.0 Å². The minimum Gasteiger partial charge on any atom is -0.455 e. The number of rotatable bonds is 4. The highest BCUT2D eigenvalue weighted by Crippen LogP contribution is 2.62. The zero-order valence-electron chi connectivity index (χ0n) is 24.0. The van der Waals surface area contributed by atoms with Crippen LogP contribution in [-0.4, -0.2) is 86.5 Å². The van der Waals surface area contributed by atoms with Gasteiger partial charge in [0, 0.05) is 18.8 Å². The van der Waals surface area contributed by atoms with Crippen molar-refractivity contribution in [1.29, 1.82) is 0 Å². The predicted octanol–water partition coefficient (Wildman–Crippen LogP) is 1.72. The molecule has 0 radical (unpaired) electrons. The lowest BCUT2D eigenvalue weighted by Gasteiger charge is -2.66. The molecule has 4 N–H and O–H groups in total. The number of carbonyl (C=O) groups is 3. The van der Waals surface area contributed by atoms with E-state index in [4.69, 9.17) is 14.2 Å². The molecule has 1 saturated heterocycles. The molecule has 2 aliphatic carbocycles. The summed E-state index contributed by atoms with van der Waals surface area (Å²) in [7, 11) is 0. The van der Waals surface area contributed by atoms with Crippen molar-refractivity contribution in [2.75, 3.05) is 6.61 Å². The van der Waals surface area contributed by atoms with Gasteiger partial charge in [0.25, 0.3) is 0 Å². The Bertz CT molecular complexity index is 1220. The summed E-state index contributed by atoms with van der Waals surface area (Å²) in [5, 5.41) is 46.2. The zero-order valence-corrected chi connectivity index (χ0v) is 24.0. The minimum absolute atomic E-state index is 0.0543. The Morgan fingerprint density at radius 2 is 1.68 bits per heavy atom. The molecule has 0 bridgehead atoms. The Hall–Kier alpha value is -2.63. The van der Waals surface area contributed by atoms with Gasteiger partial charge in [-0.2, -0.15) is 0 Å². The molecule has 3 fully saturated rings. The molecule has 40 heavy (non-hydrogen) atoms. The van der Waals surface area contributed by atoms with Crippen LogP contribution >= 0.6 is 0 Å². The summed E-state index contributed by atoms with van der Waals surface area (Å²) >= 11 is 0. The first-order chi connectivity index (χ1) is 18.4. The largest absolute Gasteiger partial charge is 0.455 e. The Labute approximate surface area is 233 Å². The number of carbonyl (C=O) groups excluding carboxylic acids is 3. The average Bonchev–Trinajstić information content (AvgIpc) is 2.87. The maximum absolute atomic E-state index is 14.4. The predicted molar refractivity (Wildman–Crippen MR) is 142 cm³/mol. The summed E-state index contributed by atoms with van der Waals surface area (Å²) in [5.74, 6) is -3.60. The number of hydrogen-bond donors (Lipinski definition) is 4. The fourth-order valence-electron chi connectivity index (χ4n) is 6.99. The number of hydrogen-bond acceptors (Lipinski definition) is 10. The monoisotopic (exact) mass is 560 g/mol. The van der Waals surface area contributed by atoms with Crippen LogP contribution < -0.4 is 0 Å². The van der Waals surface area contributed by atoms with Gasteiger partial charge in [-0.1, -0.05) is 32.0 Å². The van der Waals surface area contributed by atoms with Crippen LogP contribution in [-0.2, 0) is 23.8 Å². The molecule has 10 nitrogen and oxygen atoms in total. The lowest BCUT2D eigenvalue weighted by atomic mass is 9.46. The topological polar surface area (TPSA) is 160 Å². The van der Waals surface area contributed by atoms with E-state index in [9.17, 15) is 34.8 Å². The van der Waals surface area contributed by atoms with Crippen LogP contribution in [0.15, 0.2) is 41.5 Å². The number of aliphatic hydroxyl groups excluding tert-OH is 3. The molecule has 0 amide bonds. The van der Waals surface area contributed by atoms with E-state index >= 15 is 0 Å². The Morgan fingerprint density at radius 1 is 1.07 bits per heavy atom. The lowest BCUT2D eigenvalue weighted by Crippen LogP contribution is -2.81. The first kappa shape index (κ1) is 30.3. The molecule has 0 spiro atoms. The summed E-state index contributed by atoms with van der Waals surface area (Å²) in [4.78, 5) is 40.4. The molecule has 9 atom stereocenters. The van der Waals surface area contributed by atoms with Crippen molar-refractivity contribution in [3.63, 3.8) is 0 Å². The summed E-state index contributed by atoms with van der Waals surface area (Å²) < 4.78 is 17.7. The molecule has 2 saturated carbocycles. The summed E-state index contributed by atoms with van der Waals surface area (Å²) in [6, 6.07) is 8.09. The SMILES string of the molecule is CC(=O)O[C@@]12CO[C@@H]1C[C@H](O)[C@@]1(C)C(=O)[C@H](O)/C(=C(\C)[C@H](C)O)C(C)(C)[C@](C)(O)[C@@H](OC(=O)c3ccccc3)[C@H]21. The van der Waals surface area contributed by atoms with Gasteiger partial charge in [-0.05, 0) is 51.0 Å². The zero-order chi connectivity index (χ0) is 30.0. The Balaban J connectivity index is 2.05. The summed E-state index contributed by atoms with van der Waals surface area (Å²) in [5.41, 5.74) is -6.45. The van der Waals surface area contributed by atoms with Crippen LogP contribution in [0, 0.1) is 16.7 Å². The normalized spacial score (nSPS) is 40.8. The molecule has 1 aromatic carbocycles. The fraction of sp³-hybridized carbons (Fsp3) is 0.633. The third kappa shape index (κ3) is 4.23. The number of aliphatic hydroxyl groups is 4. The van der Waals surface area contributed by atoms with Gasteiger partial charge in [0.05, 0.1) is 35.7 Å². The van der Waals surface area contributed by atoms with E-state index in [1.54, 1.807) is 39.0 Å². The van der Waals surface area contributed by atoms with E-state index in [1.807, 2.05) is 0 Å². The molecule has 220 valence electrons. The second kappa shape index (κ2) is 10.0. The third-order valence-electron chi connectivity index (χ3n) is 9.83. The van der Waals surface area contributed by atoms with Crippen LogP contribution in [0.25, 0.3) is 0 Å². The van der Waals surface area contributed by atoms with Gasteiger partial charge in [0.2, 0.25) is 0 Å². The molecule has 1 aliphatic heterocycles. The van der Waals surface area contributed by atoms with Gasteiger partial charge in [-0.3, -0.25) is 9.59 Å². The first-order valence-corrected chi connectivity index (χ1v) is 13.5. The van der Waals surface area contributed by atoms with Gasteiger partial charge >= 0.3 is 11.9 Å². The van der Waals surface area contributed by atoms with E-state index in [2.05, 4.69) is 0 Å². The Kier molecular flexibility index (Phi) is 7.60. The van der Waals surface area contributed by atoms with Gasteiger partial charge in [0.1, 0.15) is 23.9 Å². The van der Waals surface area contributed by atoms with Crippen LogP contribution in [0.4, 0.5) is 0 Å². The first-order valence-electron chi connectivity index (χ1n) is 13.5. The van der Waals surface area contributed by atoms with E-state index in [-0.39, 0.29) is 29.7 Å². The maximum Gasteiger partial charge on any atom is 0.338 e. The summed E-state index contributed by atoms with van der Waals surface area (Å²) in [6.07, 6.45) is -6.84. The molecule has 10 heteroatoms. The fourth-order valence-corrected chi connectivity index (χ4v) is 6.99. The smallest absolute Gasteiger partial charge is 0.338 e. The second-order valence-corrected chi connectivity index (χ2v) is 12.4. The number of ketones is 1. The molecular formula is C30H40O10. The number of esters is 2. The van der Waals surface area contributed by atoms with Crippen LogP contribution in [0.2, 0.25) is 0 Å². The number of fused-ring (bicyclic) bond motifs is 3. The van der Waals surface area contributed by atoms with Crippen LogP contribution in [0.1, 0.15) is 65.2 Å². The maximum atomic E-state index is 14.4. The number of ether oxygens (including phenoxy) is 3. The van der Waals surface area contributed by atoms with Crippen molar-refractivity contribution in [2.45, 2.75) is 96.6 Å². The standard InChI is InChI=1S/C30H40O10/c1-15(16(2)31)21-22(34)24(35)28(6)19(33)13-20-30(14-38-20,40-17(3)32)23(28)25(29(7,37)27(21,4)5)39-26(36)18-11-9-8-10-12-18/h8-12,16,19-20,22-23,25,31,33-34,37H,13-14H2,1-7H3/b21-15-/t16-,19-,20+,22+,23-,25-,28+,29+,30-/m0/s1.